The topological polar surface area (TPSA) is 32.8 Å². The lowest BCUT2D eigenvalue weighted by atomic mass is 9.90. The first-order valence-corrected chi connectivity index (χ1v) is 8.58. The molecule has 0 radical (unpaired) electrons. The predicted octanol–water partition coefficient (Wildman–Crippen LogP) is 2.38. The second kappa shape index (κ2) is 7.59. The molecule has 4 heteroatoms. The third-order valence-electron chi connectivity index (χ3n) is 5.46. The van der Waals surface area contributed by atoms with E-state index in [1.54, 1.807) is 7.11 Å². The fraction of sp³-hybridized carbons (Fsp3) is 0.941. The van der Waals surface area contributed by atoms with Crippen LogP contribution in [0.25, 0.3) is 0 Å². The minimum Gasteiger partial charge on any atom is -0.383 e. The molecule has 1 saturated heterocycles. The number of carbonyl (C=O) groups excluding carboxylic acids is 1. The molecule has 0 spiro atoms. The zero-order valence-electron chi connectivity index (χ0n) is 14.2. The van der Waals surface area contributed by atoms with Gasteiger partial charge in [-0.15, -0.1) is 0 Å². The molecule has 1 amide bonds. The van der Waals surface area contributed by atoms with E-state index in [0.717, 1.165) is 26.2 Å². The summed E-state index contributed by atoms with van der Waals surface area (Å²) in [6.07, 6.45) is 5.09. The van der Waals surface area contributed by atoms with Gasteiger partial charge in [0, 0.05) is 44.7 Å². The largest absolute Gasteiger partial charge is 0.383 e. The summed E-state index contributed by atoms with van der Waals surface area (Å²) >= 11 is 0. The molecule has 2 rings (SSSR count). The summed E-state index contributed by atoms with van der Waals surface area (Å²) in [5.41, 5.74) is 0. The second-order valence-electron chi connectivity index (χ2n) is 7.01. The van der Waals surface area contributed by atoms with E-state index in [2.05, 4.69) is 30.6 Å². The molecular weight excluding hydrogens is 264 g/mol. The molecule has 3 unspecified atom stereocenters. The van der Waals surface area contributed by atoms with E-state index >= 15 is 0 Å². The van der Waals surface area contributed by atoms with E-state index in [1.807, 2.05) is 0 Å². The van der Waals surface area contributed by atoms with Crippen molar-refractivity contribution in [3.8, 4) is 0 Å². The molecule has 2 fully saturated rings. The molecule has 0 N–H and O–H groups in total. The highest BCUT2D eigenvalue weighted by Crippen LogP contribution is 2.32. The Kier molecular flexibility index (Phi) is 6.06. The average molecular weight is 296 g/mol. The molecule has 3 atom stereocenters. The van der Waals surface area contributed by atoms with Crippen LogP contribution in [-0.2, 0) is 9.53 Å². The number of piperazine rings is 1. The highest BCUT2D eigenvalue weighted by Gasteiger charge is 2.35. The molecule has 122 valence electrons. The summed E-state index contributed by atoms with van der Waals surface area (Å²) in [6.45, 7) is 10.1. The van der Waals surface area contributed by atoms with Crippen molar-refractivity contribution < 1.29 is 9.53 Å². The average Bonchev–Trinajstić information content (AvgIpc) is 2.99. The van der Waals surface area contributed by atoms with Gasteiger partial charge in [-0.2, -0.15) is 0 Å². The zero-order chi connectivity index (χ0) is 15.4. The second-order valence-corrected chi connectivity index (χ2v) is 7.01. The van der Waals surface area contributed by atoms with Gasteiger partial charge in [0.1, 0.15) is 0 Å². The van der Waals surface area contributed by atoms with Crippen LogP contribution in [0.15, 0.2) is 0 Å². The van der Waals surface area contributed by atoms with Crippen molar-refractivity contribution in [3.05, 3.63) is 0 Å². The third-order valence-corrected chi connectivity index (χ3v) is 5.46. The van der Waals surface area contributed by atoms with Crippen LogP contribution < -0.4 is 0 Å². The Morgan fingerprint density at radius 2 is 1.76 bits per heavy atom. The first-order valence-electron chi connectivity index (χ1n) is 8.58. The van der Waals surface area contributed by atoms with E-state index in [-0.39, 0.29) is 5.92 Å². The van der Waals surface area contributed by atoms with Gasteiger partial charge >= 0.3 is 0 Å². The number of amides is 1. The number of nitrogens with zero attached hydrogens (tertiary/aromatic N) is 2. The number of hydrogen-bond acceptors (Lipinski definition) is 3. The zero-order valence-corrected chi connectivity index (χ0v) is 14.2. The van der Waals surface area contributed by atoms with Crippen LogP contribution in [0.5, 0.6) is 0 Å². The summed E-state index contributed by atoms with van der Waals surface area (Å²) in [5.74, 6) is 1.21. The van der Waals surface area contributed by atoms with Gasteiger partial charge in [-0.25, -0.2) is 0 Å². The van der Waals surface area contributed by atoms with Crippen LogP contribution in [0.4, 0.5) is 0 Å². The van der Waals surface area contributed by atoms with Crippen molar-refractivity contribution in [2.24, 2.45) is 11.8 Å². The lowest BCUT2D eigenvalue weighted by Crippen LogP contribution is -2.59. The highest BCUT2D eigenvalue weighted by atomic mass is 16.5. The Morgan fingerprint density at radius 1 is 1.19 bits per heavy atom. The summed E-state index contributed by atoms with van der Waals surface area (Å²) in [6, 6.07) is 0.840. The summed E-state index contributed by atoms with van der Waals surface area (Å²) in [4.78, 5) is 17.4. The fourth-order valence-corrected chi connectivity index (χ4v) is 4.12. The van der Waals surface area contributed by atoms with Crippen molar-refractivity contribution in [1.82, 2.24) is 9.80 Å². The maximum atomic E-state index is 12.8. The fourth-order valence-electron chi connectivity index (χ4n) is 4.12. The van der Waals surface area contributed by atoms with Crippen molar-refractivity contribution in [2.45, 2.75) is 58.5 Å². The summed E-state index contributed by atoms with van der Waals surface area (Å²) in [5, 5.41) is 0. The number of methoxy groups -OCH3 is 1. The quantitative estimate of drug-likeness (QED) is 0.781. The number of rotatable bonds is 5. The predicted molar refractivity (Wildman–Crippen MR) is 85.2 cm³/mol. The van der Waals surface area contributed by atoms with Crippen LogP contribution in [0.2, 0.25) is 0 Å². The number of hydrogen-bond donors (Lipinski definition) is 0. The van der Waals surface area contributed by atoms with Crippen LogP contribution in [0, 0.1) is 11.8 Å². The highest BCUT2D eigenvalue weighted by molar-refractivity contribution is 5.79. The van der Waals surface area contributed by atoms with Gasteiger partial charge in [-0.1, -0.05) is 19.8 Å². The van der Waals surface area contributed by atoms with Crippen LogP contribution in [0.1, 0.15) is 46.5 Å². The molecular formula is C17H32N2O2. The van der Waals surface area contributed by atoms with Gasteiger partial charge in [0.05, 0.1) is 6.61 Å². The van der Waals surface area contributed by atoms with Crippen LogP contribution in [-0.4, -0.2) is 61.1 Å². The maximum absolute atomic E-state index is 12.8. The SMILES string of the molecule is COCCN1C(C)CN(C(=O)C(C)C2CCCC2)CC1C. The third kappa shape index (κ3) is 3.98. The molecule has 0 aromatic carbocycles. The molecule has 1 heterocycles. The Bertz CT molecular complexity index is 330. The molecule has 4 nitrogen and oxygen atoms in total. The molecule has 2 aliphatic rings. The monoisotopic (exact) mass is 296 g/mol. The van der Waals surface area contributed by atoms with Crippen LogP contribution >= 0.6 is 0 Å². The van der Waals surface area contributed by atoms with Gasteiger partial charge in [-0.05, 0) is 32.6 Å². The van der Waals surface area contributed by atoms with Gasteiger partial charge in [-0.3, -0.25) is 9.69 Å². The van der Waals surface area contributed by atoms with Crippen molar-refractivity contribution >= 4 is 5.91 Å². The molecule has 0 aromatic heterocycles. The van der Waals surface area contributed by atoms with E-state index < -0.39 is 0 Å². The molecule has 1 saturated carbocycles. The standard InChI is InChI=1S/C17H32N2O2/c1-13-11-18(12-14(2)19(13)9-10-21-4)17(20)15(3)16-7-5-6-8-16/h13-16H,5-12H2,1-4H3. The normalized spacial score (nSPS) is 29.8. The lowest BCUT2D eigenvalue weighted by Gasteiger charge is -2.45. The molecule has 1 aliphatic heterocycles. The first-order chi connectivity index (χ1) is 10.0. The minimum absolute atomic E-state index is 0.206. The maximum Gasteiger partial charge on any atom is 0.225 e. The molecule has 1 aliphatic carbocycles. The number of carbonyl (C=O) groups is 1. The summed E-state index contributed by atoms with van der Waals surface area (Å²) in [7, 11) is 1.75. The summed E-state index contributed by atoms with van der Waals surface area (Å²) < 4.78 is 5.20. The van der Waals surface area contributed by atoms with E-state index in [0.29, 0.717) is 23.9 Å². The van der Waals surface area contributed by atoms with Crippen molar-refractivity contribution in [1.29, 1.82) is 0 Å². The number of ether oxygens (including phenoxy) is 1. The Labute approximate surface area is 129 Å². The minimum atomic E-state index is 0.206. The van der Waals surface area contributed by atoms with Gasteiger partial charge in [0.25, 0.3) is 0 Å². The Balaban J connectivity index is 1.91. The molecule has 21 heavy (non-hydrogen) atoms. The van der Waals surface area contributed by atoms with Gasteiger partial charge in [0.2, 0.25) is 5.91 Å². The van der Waals surface area contributed by atoms with Gasteiger partial charge < -0.3 is 9.64 Å². The molecule has 0 aromatic rings. The van der Waals surface area contributed by atoms with Crippen LogP contribution in [0.3, 0.4) is 0 Å². The van der Waals surface area contributed by atoms with Gasteiger partial charge in [0.15, 0.2) is 0 Å². The molecule has 0 bridgehead atoms. The smallest absolute Gasteiger partial charge is 0.225 e. The van der Waals surface area contributed by atoms with E-state index in [9.17, 15) is 4.79 Å². The van der Waals surface area contributed by atoms with E-state index in [4.69, 9.17) is 4.74 Å². The Hall–Kier alpha value is -0.610. The van der Waals surface area contributed by atoms with E-state index in [1.165, 1.54) is 25.7 Å². The lowest BCUT2D eigenvalue weighted by molar-refractivity contribution is -0.141. The first kappa shape index (κ1) is 16.8. The van der Waals surface area contributed by atoms with Crippen molar-refractivity contribution in [2.75, 3.05) is 33.4 Å². The van der Waals surface area contributed by atoms with Crippen molar-refractivity contribution in [3.63, 3.8) is 0 Å². The Morgan fingerprint density at radius 3 is 2.29 bits per heavy atom.